The van der Waals surface area contributed by atoms with E-state index in [1.165, 1.54) is 22.4 Å². The Morgan fingerprint density at radius 2 is 1.88 bits per heavy atom. The maximum Gasteiger partial charge on any atom is 0.226 e. The Bertz CT molecular complexity index is 719. The minimum Gasteiger partial charge on any atom is -0.338 e. The Balaban J connectivity index is 1.20. The molecule has 0 spiro atoms. The lowest BCUT2D eigenvalue weighted by atomic mass is 9.94. The number of piperidine rings is 1. The molecule has 3 nitrogen and oxygen atoms in total. The molecule has 1 fully saturated rings. The van der Waals surface area contributed by atoms with Gasteiger partial charge in [0.1, 0.15) is 0 Å². The minimum absolute atomic E-state index is 0.237. The number of carbonyl (C=O) groups is 1. The van der Waals surface area contributed by atoms with Crippen molar-refractivity contribution in [3.63, 3.8) is 0 Å². The predicted octanol–water partition coefficient (Wildman–Crippen LogP) is 3.98. The SMILES string of the molecule is O=C(C1CCN(CCCc2ccccc2)CC1)N1CCc2sccc2C1. The summed E-state index contributed by atoms with van der Waals surface area (Å²) in [5.41, 5.74) is 2.79. The van der Waals surface area contributed by atoms with E-state index < -0.39 is 0 Å². The standard InChI is InChI=1S/C22H28N2OS/c25-22(24-15-10-21-20(17-24)11-16-26-21)19-8-13-23(14-9-19)12-4-7-18-5-2-1-3-6-18/h1-3,5-6,11,16,19H,4,7-10,12-15,17H2. The first-order valence-electron chi connectivity index (χ1n) is 9.90. The lowest BCUT2D eigenvalue weighted by Crippen LogP contribution is -2.44. The summed E-state index contributed by atoms with van der Waals surface area (Å²) < 4.78 is 0. The Morgan fingerprint density at radius 1 is 1.08 bits per heavy atom. The van der Waals surface area contributed by atoms with E-state index in [2.05, 4.69) is 51.6 Å². The third-order valence-electron chi connectivity index (χ3n) is 5.84. The smallest absolute Gasteiger partial charge is 0.226 e. The number of rotatable bonds is 5. The molecule has 0 saturated carbocycles. The van der Waals surface area contributed by atoms with Crippen LogP contribution >= 0.6 is 11.3 Å². The number of carbonyl (C=O) groups excluding carboxylic acids is 1. The lowest BCUT2D eigenvalue weighted by molar-refractivity contribution is -0.138. The second-order valence-corrected chi connectivity index (χ2v) is 8.58. The second kappa shape index (κ2) is 8.36. The number of fused-ring (bicyclic) bond motifs is 1. The average molecular weight is 369 g/mol. The van der Waals surface area contributed by atoms with E-state index in [1.807, 2.05) is 11.3 Å². The molecule has 0 atom stereocenters. The third-order valence-corrected chi connectivity index (χ3v) is 6.86. The molecule has 26 heavy (non-hydrogen) atoms. The molecule has 1 saturated heterocycles. The quantitative estimate of drug-likeness (QED) is 0.797. The number of nitrogens with zero attached hydrogens (tertiary/aromatic N) is 2. The van der Waals surface area contributed by atoms with Crippen LogP contribution in [0.2, 0.25) is 0 Å². The monoisotopic (exact) mass is 368 g/mol. The molecule has 0 unspecified atom stereocenters. The van der Waals surface area contributed by atoms with Crippen LogP contribution in [0.3, 0.4) is 0 Å². The average Bonchev–Trinajstić information content (AvgIpc) is 3.17. The molecule has 4 rings (SSSR count). The van der Waals surface area contributed by atoms with Gasteiger partial charge in [0.25, 0.3) is 0 Å². The molecule has 2 aliphatic heterocycles. The Morgan fingerprint density at radius 3 is 2.69 bits per heavy atom. The van der Waals surface area contributed by atoms with E-state index in [-0.39, 0.29) is 5.92 Å². The molecule has 0 radical (unpaired) electrons. The molecular formula is C22H28N2OS. The normalized spacial score (nSPS) is 18.7. The number of benzene rings is 1. The van der Waals surface area contributed by atoms with Gasteiger partial charge in [-0.05, 0) is 74.3 Å². The van der Waals surface area contributed by atoms with Crippen molar-refractivity contribution in [3.8, 4) is 0 Å². The summed E-state index contributed by atoms with van der Waals surface area (Å²) in [4.78, 5) is 19.0. The first kappa shape index (κ1) is 17.7. The summed E-state index contributed by atoms with van der Waals surface area (Å²) in [6, 6.07) is 12.9. The Hall–Kier alpha value is -1.65. The van der Waals surface area contributed by atoms with Crippen LogP contribution in [0.15, 0.2) is 41.8 Å². The van der Waals surface area contributed by atoms with E-state index in [9.17, 15) is 4.79 Å². The van der Waals surface area contributed by atoms with Crippen LogP contribution < -0.4 is 0 Å². The van der Waals surface area contributed by atoms with Crippen molar-refractivity contribution in [2.75, 3.05) is 26.2 Å². The fourth-order valence-electron chi connectivity index (χ4n) is 4.25. The topological polar surface area (TPSA) is 23.6 Å². The van der Waals surface area contributed by atoms with Crippen molar-refractivity contribution in [3.05, 3.63) is 57.8 Å². The number of amides is 1. The molecule has 2 aliphatic rings. The zero-order valence-corrected chi connectivity index (χ0v) is 16.2. The number of likely N-dealkylation sites (tertiary alicyclic amines) is 1. The second-order valence-electron chi connectivity index (χ2n) is 7.58. The van der Waals surface area contributed by atoms with Gasteiger partial charge in [0, 0.05) is 23.9 Å². The van der Waals surface area contributed by atoms with E-state index in [4.69, 9.17) is 0 Å². The summed E-state index contributed by atoms with van der Waals surface area (Å²) in [7, 11) is 0. The molecule has 0 bridgehead atoms. The van der Waals surface area contributed by atoms with Gasteiger partial charge >= 0.3 is 0 Å². The van der Waals surface area contributed by atoms with Gasteiger partial charge < -0.3 is 9.80 Å². The van der Waals surface area contributed by atoms with Crippen LogP contribution in [0.25, 0.3) is 0 Å². The fourth-order valence-corrected chi connectivity index (χ4v) is 5.14. The first-order chi connectivity index (χ1) is 12.8. The van der Waals surface area contributed by atoms with Gasteiger partial charge in [-0.25, -0.2) is 0 Å². The van der Waals surface area contributed by atoms with Crippen molar-refractivity contribution < 1.29 is 4.79 Å². The number of thiophene rings is 1. The summed E-state index contributed by atoms with van der Waals surface area (Å²) in [5.74, 6) is 0.631. The minimum atomic E-state index is 0.237. The van der Waals surface area contributed by atoms with Crippen LogP contribution in [0.5, 0.6) is 0 Å². The molecule has 1 amide bonds. The van der Waals surface area contributed by atoms with E-state index in [0.29, 0.717) is 5.91 Å². The van der Waals surface area contributed by atoms with E-state index in [0.717, 1.165) is 58.4 Å². The van der Waals surface area contributed by atoms with Gasteiger partial charge in [-0.1, -0.05) is 30.3 Å². The highest BCUT2D eigenvalue weighted by Crippen LogP contribution is 2.27. The zero-order valence-electron chi connectivity index (χ0n) is 15.4. The summed E-state index contributed by atoms with van der Waals surface area (Å²) in [6.07, 6.45) is 5.44. The summed E-state index contributed by atoms with van der Waals surface area (Å²) in [5, 5.41) is 2.16. The van der Waals surface area contributed by atoms with Crippen LogP contribution in [-0.2, 0) is 24.2 Å². The summed E-state index contributed by atoms with van der Waals surface area (Å²) in [6.45, 7) is 5.03. The van der Waals surface area contributed by atoms with Gasteiger partial charge in [0.05, 0.1) is 0 Å². The van der Waals surface area contributed by atoms with Crippen molar-refractivity contribution in [1.29, 1.82) is 0 Å². The highest BCUT2D eigenvalue weighted by atomic mass is 32.1. The van der Waals surface area contributed by atoms with Gasteiger partial charge in [-0.15, -0.1) is 11.3 Å². The molecule has 138 valence electrons. The summed E-state index contributed by atoms with van der Waals surface area (Å²) >= 11 is 1.84. The Kier molecular flexibility index (Phi) is 5.71. The maximum absolute atomic E-state index is 12.9. The molecule has 1 aromatic carbocycles. The van der Waals surface area contributed by atoms with Gasteiger partial charge in [0.15, 0.2) is 0 Å². The molecule has 0 aliphatic carbocycles. The highest BCUT2D eigenvalue weighted by Gasteiger charge is 2.30. The highest BCUT2D eigenvalue weighted by molar-refractivity contribution is 7.10. The Labute approximate surface area is 160 Å². The van der Waals surface area contributed by atoms with Crippen LogP contribution in [-0.4, -0.2) is 41.9 Å². The zero-order chi connectivity index (χ0) is 17.8. The van der Waals surface area contributed by atoms with Crippen molar-refractivity contribution >= 4 is 17.2 Å². The molecular weight excluding hydrogens is 340 g/mol. The number of aryl methyl sites for hydroxylation is 1. The van der Waals surface area contributed by atoms with Crippen molar-refractivity contribution in [2.45, 2.75) is 38.6 Å². The van der Waals surface area contributed by atoms with Gasteiger partial charge in [-0.3, -0.25) is 4.79 Å². The van der Waals surface area contributed by atoms with Crippen LogP contribution in [0.4, 0.5) is 0 Å². The maximum atomic E-state index is 12.9. The van der Waals surface area contributed by atoms with Crippen LogP contribution in [0, 0.1) is 5.92 Å². The number of hydrogen-bond donors (Lipinski definition) is 0. The molecule has 1 aromatic heterocycles. The molecule has 3 heterocycles. The van der Waals surface area contributed by atoms with Gasteiger partial charge in [-0.2, -0.15) is 0 Å². The van der Waals surface area contributed by atoms with Crippen LogP contribution in [0.1, 0.15) is 35.3 Å². The van der Waals surface area contributed by atoms with E-state index >= 15 is 0 Å². The third kappa shape index (κ3) is 4.18. The number of hydrogen-bond acceptors (Lipinski definition) is 3. The van der Waals surface area contributed by atoms with Crippen molar-refractivity contribution in [2.24, 2.45) is 5.92 Å². The lowest BCUT2D eigenvalue weighted by Gasteiger charge is -2.35. The predicted molar refractivity (Wildman–Crippen MR) is 107 cm³/mol. The molecule has 2 aromatic rings. The van der Waals surface area contributed by atoms with E-state index in [1.54, 1.807) is 0 Å². The molecule has 4 heteroatoms. The first-order valence-corrected chi connectivity index (χ1v) is 10.8. The van der Waals surface area contributed by atoms with Crippen molar-refractivity contribution in [1.82, 2.24) is 9.80 Å². The van der Waals surface area contributed by atoms with Gasteiger partial charge in [0.2, 0.25) is 5.91 Å². The largest absolute Gasteiger partial charge is 0.338 e. The molecule has 0 N–H and O–H groups in total. The fraction of sp³-hybridized carbons (Fsp3) is 0.500.